The van der Waals surface area contributed by atoms with Gasteiger partial charge in [-0.1, -0.05) is 12.1 Å². The molecule has 2 aromatic heterocycles. The SMILES string of the molecule is Cc1sc2ncn(CCC(=O)N[C@H](C)c3cccc(O)c3)c(=O)c2c1C. The molecule has 26 heavy (non-hydrogen) atoms. The highest BCUT2D eigenvalue weighted by Crippen LogP contribution is 2.25. The third-order valence-electron chi connectivity index (χ3n) is 4.48. The number of nitrogens with one attached hydrogen (secondary N) is 1. The first-order valence-corrected chi connectivity index (χ1v) is 9.22. The predicted octanol–water partition coefficient (Wildman–Crippen LogP) is 3.05. The molecule has 6 nitrogen and oxygen atoms in total. The highest BCUT2D eigenvalue weighted by molar-refractivity contribution is 7.18. The molecule has 0 saturated carbocycles. The molecule has 2 heterocycles. The first-order chi connectivity index (χ1) is 12.4. The standard InChI is InChI=1S/C19H21N3O3S/c1-11-13(3)26-18-17(11)19(25)22(10-20-18)8-7-16(24)21-12(2)14-5-4-6-15(23)9-14/h4-6,9-10,12,23H,7-8H2,1-3H3,(H,21,24)/t12-/m1/s1. The molecule has 1 aromatic carbocycles. The van der Waals surface area contributed by atoms with Gasteiger partial charge in [0.15, 0.2) is 0 Å². The lowest BCUT2D eigenvalue weighted by molar-refractivity contribution is -0.121. The van der Waals surface area contributed by atoms with Crippen LogP contribution >= 0.6 is 11.3 Å². The van der Waals surface area contributed by atoms with Gasteiger partial charge >= 0.3 is 0 Å². The third-order valence-corrected chi connectivity index (χ3v) is 5.60. The van der Waals surface area contributed by atoms with E-state index in [-0.39, 0.29) is 36.2 Å². The molecule has 0 spiro atoms. The lowest BCUT2D eigenvalue weighted by Gasteiger charge is -2.15. The molecule has 0 saturated heterocycles. The molecule has 136 valence electrons. The van der Waals surface area contributed by atoms with Gasteiger partial charge in [-0.2, -0.15) is 0 Å². The van der Waals surface area contributed by atoms with Crippen LogP contribution in [-0.2, 0) is 11.3 Å². The number of phenols is 1. The summed E-state index contributed by atoms with van der Waals surface area (Å²) in [7, 11) is 0. The minimum atomic E-state index is -0.228. The summed E-state index contributed by atoms with van der Waals surface area (Å²) in [6, 6.07) is 6.55. The number of amides is 1. The quantitative estimate of drug-likeness (QED) is 0.722. The van der Waals surface area contributed by atoms with Gasteiger partial charge in [0.1, 0.15) is 10.6 Å². The van der Waals surface area contributed by atoms with E-state index < -0.39 is 0 Å². The van der Waals surface area contributed by atoms with Crippen molar-refractivity contribution in [2.75, 3.05) is 0 Å². The number of carbonyl (C=O) groups excluding carboxylic acids is 1. The van der Waals surface area contributed by atoms with Gasteiger partial charge in [0.05, 0.1) is 17.8 Å². The smallest absolute Gasteiger partial charge is 0.262 e. The molecule has 2 N–H and O–H groups in total. The van der Waals surface area contributed by atoms with Crippen LogP contribution in [0.4, 0.5) is 0 Å². The van der Waals surface area contributed by atoms with Crippen molar-refractivity contribution >= 4 is 27.5 Å². The van der Waals surface area contributed by atoms with Crippen LogP contribution in [0.25, 0.3) is 10.2 Å². The van der Waals surface area contributed by atoms with Crippen molar-refractivity contribution in [3.63, 3.8) is 0 Å². The summed E-state index contributed by atoms with van der Waals surface area (Å²) in [6.45, 7) is 6.02. The van der Waals surface area contributed by atoms with E-state index in [1.54, 1.807) is 18.2 Å². The molecular formula is C19H21N3O3S. The van der Waals surface area contributed by atoms with E-state index in [2.05, 4.69) is 10.3 Å². The Morgan fingerprint density at radius 3 is 2.88 bits per heavy atom. The fraction of sp³-hybridized carbons (Fsp3) is 0.316. The summed E-state index contributed by atoms with van der Waals surface area (Å²) in [6.07, 6.45) is 1.68. The number of hydrogen-bond donors (Lipinski definition) is 2. The Labute approximate surface area is 155 Å². The van der Waals surface area contributed by atoms with Crippen molar-refractivity contribution in [1.29, 1.82) is 0 Å². The van der Waals surface area contributed by atoms with Crippen LogP contribution in [0.5, 0.6) is 5.75 Å². The summed E-state index contributed by atoms with van der Waals surface area (Å²) in [4.78, 5) is 31.0. The maximum atomic E-state index is 12.6. The van der Waals surface area contributed by atoms with Crippen LogP contribution in [0.1, 0.15) is 35.4 Å². The van der Waals surface area contributed by atoms with E-state index in [1.807, 2.05) is 26.8 Å². The number of aromatic nitrogens is 2. The van der Waals surface area contributed by atoms with Gasteiger partial charge in [0.25, 0.3) is 5.56 Å². The molecule has 7 heteroatoms. The van der Waals surface area contributed by atoms with Gasteiger partial charge in [-0.15, -0.1) is 11.3 Å². The highest BCUT2D eigenvalue weighted by Gasteiger charge is 2.14. The predicted molar refractivity (Wildman–Crippen MR) is 103 cm³/mol. The molecule has 0 unspecified atom stereocenters. The van der Waals surface area contributed by atoms with Crippen molar-refractivity contribution in [3.8, 4) is 5.75 Å². The number of hydrogen-bond acceptors (Lipinski definition) is 5. The first-order valence-electron chi connectivity index (χ1n) is 8.40. The Morgan fingerprint density at radius 2 is 2.15 bits per heavy atom. The molecule has 0 aliphatic rings. The first kappa shape index (κ1) is 18.1. The monoisotopic (exact) mass is 371 g/mol. The van der Waals surface area contributed by atoms with Gasteiger partial charge in [0.2, 0.25) is 5.91 Å². The number of fused-ring (bicyclic) bond motifs is 1. The largest absolute Gasteiger partial charge is 0.508 e. The number of thiophene rings is 1. The number of aromatic hydroxyl groups is 1. The summed E-state index contributed by atoms with van der Waals surface area (Å²) < 4.78 is 1.49. The van der Waals surface area contributed by atoms with Crippen LogP contribution in [0.2, 0.25) is 0 Å². The van der Waals surface area contributed by atoms with Crippen LogP contribution in [-0.4, -0.2) is 20.6 Å². The number of benzene rings is 1. The summed E-state index contributed by atoms with van der Waals surface area (Å²) in [5.74, 6) is 0.00187. The van der Waals surface area contributed by atoms with E-state index in [0.717, 1.165) is 20.8 Å². The summed E-state index contributed by atoms with van der Waals surface area (Å²) in [5.41, 5.74) is 1.67. The number of rotatable bonds is 5. The minimum absolute atomic E-state index is 0.106. The topological polar surface area (TPSA) is 84.2 Å². The third kappa shape index (κ3) is 3.62. The average Bonchev–Trinajstić information content (AvgIpc) is 2.89. The van der Waals surface area contributed by atoms with Crippen molar-refractivity contribution in [2.45, 2.75) is 39.8 Å². The zero-order chi connectivity index (χ0) is 18.8. The maximum absolute atomic E-state index is 12.6. The van der Waals surface area contributed by atoms with Crippen molar-refractivity contribution in [3.05, 3.63) is 57.0 Å². The molecule has 1 amide bonds. The second kappa shape index (κ2) is 7.29. The molecule has 0 fully saturated rings. The van der Waals surface area contributed by atoms with Gasteiger partial charge in [-0.3, -0.25) is 14.2 Å². The fourth-order valence-electron chi connectivity index (χ4n) is 2.84. The van der Waals surface area contributed by atoms with E-state index >= 15 is 0 Å². The molecule has 0 aliphatic heterocycles. The van der Waals surface area contributed by atoms with E-state index in [0.29, 0.717) is 5.39 Å². The Bertz CT molecular complexity index is 1020. The average molecular weight is 371 g/mol. The summed E-state index contributed by atoms with van der Waals surface area (Å²) >= 11 is 1.51. The Morgan fingerprint density at radius 1 is 1.38 bits per heavy atom. The number of aryl methyl sites for hydroxylation is 3. The van der Waals surface area contributed by atoms with E-state index in [9.17, 15) is 14.7 Å². The molecule has 3 aromatic rings. The van der Waals surface area contributed by atoms with Crippen LogP contribution < -0.4 is 10.9 Å². The zero-order valence-corrected chi connectivity index (χ0v) is 15.8. The van der Waals surface area contributed by atoms with Gasteiger partial charge < -0.3 is 10.4 Å². The molecule has 1 atom stereocenters. The number of phenolic OH excluding ortho intramolecular Hbond substituents is 1. The molecule has 0 radical (unpaired) electrons. The Balaban J connectivity index is 1.68. The van der Waals surface area contributed by atoms with E-state index in [4.69, 9.17) is 0 Å². The lowest BCUT2D eigenvalue weighted by atomic mass is 10.1. The minimum Gasteiger partial charge on any atom is -0.508 e. The van der Waals surface area contributed by atoms with Crippen molar-refractivity contribution < 1.29 is 9.90 Å². The molecule has 3 rings (SSSR count). The van der Waals surface area contributed by atoms with Crippen molar-refractivity contribution in [1.82, 2.24) is 14.9 Å². The Hall–Kier alpha value is -2.67. The maximum Gasteiger partial charge on any atom is 0.262 e. The molecule has 0 bridgehead atoms. The van der Waals surface area contributed by atoms with Crippen LogP contribution in [0.3, 0.4) is 0 Å². The van der Waals surface area contributed by atoms with Gasteiger partial charge in [-0.05, 0) is 44.0 Å². The van der Waals surface area contributed by atoms with Crippen molar-refractivity contribution in [2.24, 2.45) is 0 Å². The van der Waals surface area contributed by atoms with Crippen LogP contribution in [0, 0.1) is 13.8 Å². The normalized spacial score (nSPS) is 12.3. The Kier molecular flexibility index (Phi) is 5.08. The summed E-state index contributed by atoms with van der Waals surface area (Å²) in [5, 5.41) is 13.1. The van der Waals surface area contributed by atoms with E-state index in [1.165, 1.54) is 22.2 Å². The lowest BCUT2D eigenvalue weighted by Crippen LogP contribution is -2.29. The fourth-order valence-corrected chi connectivity index (χ4v) is 3.83. The van der Waals surface area contributed by atoms with Crippen LogP contribution in [0.15, 0.2) is 35.4 Å². The number of carbonyl (C=O) groups is 1. The highest BCUT2D eigenvalue weighted by atomic mass is 32.1. The van der Waals surface area contributed by atoms with Gasteiger partial charge in [-0.25, -0.2) is 4.98 Å². The zero-order valence-electron chi connectivity index (χ0n) is 14.9. The molecule has 0 aliphatic carbocycles. The van der Waals surface area contributed by atoms with Gasteiger partial charge in [0, 0.05) is 17.8 Å². The second-order valence-electron chi connectivity index (χ2n) is 6.34. The molecular weight excluding hydrogens is 350 g/mol. The number of nitrogens with zero attached hydrogens (tertiary/aromatic N) is 2. The second-order valence-corrected chi connectivity index (χ2v) is 7.54.